The fraction of sp³-hybridized carbons (Fsp3) is 0.412. The van der Waals surface area contributed by atoms with E-state index in [4.69, 9.17) is 17.3 Å². The molecule has 1 saturated carbocycles. The first-order valence-electron chi connectivity index (χ1n) is 8.52. The molecule has 1 aliphatic carbocycles. The molecule has 0 radical (unpaired) electrons. The van der Waals surface area contributed by atoms with E-state index in [0.717, 1.165) is 18.7 Å². The molecule has 8 nitrogen and oxygen atoms in total. The van der Waals surface area contributed by atoms with Crippen molar-refractivity contribution in [2.24, 2.45) is 5.73 Å². The lowest BCUT2D eigenvalue weighted by atomic mass is 10.2. The third-order valence-corrected chi connectivity index (χ3v) is 4.86. The van der Waals surface area contributed by atoms with Crippen LogP contribution in [0.4, 0.5) is 10.5 Å². The highest BCUT2D eigenvalue weighted by molar-refractivity contribution is 6.34. The fourth-order valence-electron chi connectivity index (χ4n) is 3.25. The molecule has 1 atom stereocenters. The van der Waals surface area contributed by atoms with Crippen LogP contribution in [0.2, 0.25) is 5.02 Å². The van der Waals surface area contributed by atoms with Crippen LogP contribution in [0.1, 0.15) is 60.9 Å². The molecular formula is C17H21ClN6O2. The van der Waals surface area contributed by atoms with Gasteiger partial charge in [-0.25, -0.2) is 4.79 Å². The van der Waals surface area contributed by atoms with Crippen LogP contribution >= 0.6 is 11.6 Å². The molecule has 138 valence electrons. The summed E-state index contributed by atoms with van der Waals surface area (Å²) in [7, 11) is 0. The molecule has 1 fully saturated rings. The van der Waals surface area contributed by atoms with E-state index in [1.165, 1.54) is 25.0 Å². The summed E-state index contributed by atoms with van der Waals surface area (Å²) in [4.78, 5) is 23.5. The highest BCUT2D eigenvalue weighted by Gasteiger charge is 2.23. The minimum Gasteiger partial charge on any atom is -0.366 e. The van der Waals surface area contributed by atoms with Crippen molar-refractivity contribution in [1.29, 1.82) is 0 Å². The van der Waals surface area contributed by atoms with E-state index in [0.29, 0.717) is 11.7 Å². The average Bonchev–Trinajstić information content (AvgIpc) is 3.25. The number of nitrogens with zero attached hydrogens (tertiary/aromatic N) is 3. The van der Waals surface area contributed by atoms with Crippen LogP contribution < -0.4 is 16.4 Å². The summed E-state index contributed by atoms with van der Waals surface area (Å²) in [5, 5.41) is 13.9. The molecule has 3 amide bonds. The molecule has 2 aromatic rings. The molecule has 26 heavy (non-hydrogen) atoms. The number of aromatic nitrogens is 3. The van der Waals surface area contributed by atoms with Crippen molar-refractivity contribution in [3.05, 3.63) is 40.9 Å². The van der Waals surface area contributed by atoms with E-state index >= 15 is 0 Å². The van der Waals surface area contributed by atoms with Crippen LogP contribution in [0.3, 0.4) is 0 Å². The van der Waals surface area contributed by atoms with Crippen LogP contribution in [0.25, 0.3) is 0 Å². The predicted octanol–water partition coefficient (Wildman–Crippen LogP) is 3.03. The molecule has 0 bridgehead atoms. The van der Waals surface area contributed by atoms with Crippen LogP contribution in [0.5, 0.6) is 0 Å². The van der Waals surface area contributed by atoms with E-state index in [9.17, 15) is 9.59 Å². The van der Waals surface area contributed by atoms with Gasteiger partial charge in [-0.3, -0.25) is 4.79 Å². The van der Waals surface area contributed by atoms with Gasteiger partial charge in [-0.2, -0.15) is 0 Å². The largest absolute Gasteiger partial charge is 0.366 e. The molecule has 1 aliphatic rings. The van der Waals surface area contributed by atoms with Gasteiger partial charge in [0.2, 0.25) is 5.91 Å². The summed E-state index contributed by atoms with van der Waals surface area (Å²) in [6.45, 7) is 1.86. The Morgan fingerprint density at radius 1 is 1.35 bits per heavy atom. The van der Waals surface area contributed by atoms with Crippen molar-refractivity contribution in [3.8, 4) is 0 Å². The molecule has 3 rings (SSSR count). The van der Waals surface area contributed by atoms with E-state index in [2.05, 4.69) is 25.4 Å². The number of urea groups is 1. The minimum atomic E-state index is -0.620. The zero-order chi connectivity index (χ0) is 18.7. The number of hydrogen-bond acceptors (Lipinski definition) is 4. The van der Waals surface area contributed by atoms with Gasteiger partial charge in [-0.1, -0.05) is 24.4 Å². The molecule has 1 unspecified atom stereocenters. The number of hydrogen-bond donors (Lipinski definition) is 3. The summed E-state index contributed by atoms with van der Waals surface area (Å²) in [6.07, 6.45) is 6.34. The Kier molecular flexibility index (Phi) is 5.41. The molecule has 1 aromatic carbocycles. The monoisotopic (exact) mass is 376 g/mol. The Hall–Kier alpha value is -2.61. The van der Waals surface area contributed by atoms with Gasteiger partial charge in [0.25, 0.3) is 0 Å². The highest BCUT2D eigenvalue weighted by atomic mass is 35.5. The maximum absolute atomic E-state index is 12.3. The van der Waals surface area contributed by atoms with Gasteiger partial charge in [0.1, 0.15) is 6.33 Å². The number of primary amides is 1. The second kappa shape index (κ2) is 7.74. The maximum atomic E-state index is 12.3. The van der Waals surface area contributed by atoms with Gasteiger partial charge in [-0.15, -0.1) is 10.2 Å². The topological polar surface area (TPSA) is 115 Å². The fourth-order valence-corrected chi connectivity index (χ4v) is 3.52. The van der Waals surface area contributed by atoms with E-state index < -0.39 is 11.9 Å². The van der Waals surface area contributed by atoms with Crippen LogP contribution in [-0.4, -0.2) is 26.7 Å². The van der Waals surface area contributed by atoms with E-state index in [-0.39, 0.29) is 16.6 Å². The summed E-state index contributed by atoms with van der Waals surface area (Å²) >= 11 is 5.99. The first-order chi connectivity index (χ1) is 12.5. The maximum Gasteiger partial charge on any atom is 0.319 e. The average molecular weight is 377 g/mol. The van der Waals surface area contributed by atoms with Crippen molar-refractivity contribution in [1.82, 2.24) is 20.1 Å². The molecule has 0 spiro atoms. The molecule has 4 N–H and O–H groups in total. The van der Waals surface area contributed by atoms with Gasteiger partial charge in [0, 0.05) is 11.7 Å². The van der Waals surface area contributed by atoms with E-state index in [1.54, 1.807) is 12.4 Å². The lowest BCUT2D eigenvalue weighted by Crippen LogP contribution is -2.33. The highest BCUT2D eigenvalue weighted by Crippen LogP contribution is 2.31. The third-order valence-electron chi connectivity index (χ3n) is 4.55. The molecular weight excluding hydrogens is 356 g/mol. The number of benzene rings is 1. The molecule has 1 heterocycles. The zero-order valence-electron chi connectivity index (χ0n) is 14.4. The number of carbonyl (C=O) groups is 2. The lowest BCUT2D eigenvalue weighted by Gasteiger charge is -2.19. The normalized spacial score (nSPS) is 15.6. The summed E-state index contributed by atoms with van der Waals surface area (Å²) in [5.41, 5.74) is 5.88. The summed E-state index contributed by atoms with van der Waals surface area (Å²) in [5.74, 6) is 0.111. The Morgan fingerprint density at radius 2 is 2.08 bits per heavy atom. The zero-order valence-corrected chi connectivity index (χ0v) is 15.2. The lowest BCUT2D eigenvalue weighted by molar-refractivity contribution is 0.100. The quantitative estimate of drug-likeness (QED) is 0.743. The van der Waals surface area contributed by atoms with Crippen molar-refractivity contribution in [2.75, 3.05) is 5.32 Å². The predicted molar refractivity (Wildman–Crippen MR) is 98.1 cm³/mol. The second-order valence-electron chi connectivity index (χ2n) is 6.41. The Morgan fingerprint density at radius 3 is 2.73 bits per heavy atom. The molecule has 9 heteroatoms. The van der Waals surface area contributed by atoms with Crippen LogP contribution in [-0.2, 0) is 0 Å². The minimum absolute atomic E-state index is 0.185. The van der Waals surface area contributed by atoms with Gasteiger partial charge >= 0.3 is 6.03 Å². The van der Waals surface area contributed by atoms with Gasteiger partial charge < -0.3 is 20.9 Å². The van der Waals surface area contributed by atoms with Gasteiger partial charge in [-0.05, 0) is 38.0 Å². The summed E-state index contributed by atoms with van der Waals surface area (Å²) < 4.78 is 2.05. The van der Waals surface area contributed by atoms with Crippen molar-refractivity contribution >= 4 is 29.2 Å². The third kappa shape index (κ3) is 3.96. The number of amides is 3. The SMILES string of the molecule is CC(NC(=O)Nc1ccc(C(N)=O)c(Cl)c1)c1nncn1C1CCCC1. The van der Waals surface area contributed by atoms with Crippen molar-refractivity contribution in [2.45, 2.75) is 44.7 Å². The van der Waals surface area contributed by atoms with E-state index in [1.807, 2.05) is 6.92 Å². The number of halogens is 1. The Labute approximate surface area is 156 Å². The van der Waals surface area contributed by atoms with Crippen molar-refractivity contribution < 1.29 is 9.59 Å². The number of rotatable bonds is 5. The Bertz CT molecular complexity index is 815. The first kappa shape index (κ1) is 18.2. The van der Waals surface area contributed by atoms with Gasteiger partial charge in [0.05, 0.1) is 16.6 Å². The van der Waals surface area contributed by atoms with Crippen molar-refractivity contribution in [3.63, 3.8) is 0 Å². The van der Waals surface area contributed by atoms with Crippen LogP contribution in [0, 0.1) is 0 Å². The first-order valence-corrected chi connectivity index (χ1v) is 8.89. The number of nitrogens with two attached hydrogens (primary N) is 1. The standard InChI is InChI=1S/C17H21ClN6O2/c1-10(16-23-20-9-24(16)12-4-2-3-5-12)21-17(26)22-11-6-7-13(15(19)25)14(18)8-11/h6-10,12H,2-5H2,1H3,(H2,19,25)(H2,21,22,26). The number of carbonyl (C=O) groups excluding carboxylic acids is 2. The molecule has 1 aromatic heterocycles. The number of anilines is 1. The molecule has 0 saturated heterocycles. The van der Waals surface area contributed by atoms with Crippen LogP contribution in [0.15, 0.2) is 24.5 Å². The number of nitrogens with one attached hydrogen (secondary N) is 2. The summed E-state index contributed by atoms with van der Waals surface area (Å²) in [6, 6.07) is 4.21. The molecule has 0 aliphatic heterocycles. The second-order valence-corrected chi connectivity index (χ2v) is 6.82. The smallest absolute Gasteiger partial charge is 0.319 e. The van der Waals surface area contributed by atoms with Gasteiger partial charge in [0.15, 0.2) is 5.82 Å². The Balaban J connectivity index is 1.64.